The molecule has 1 aromatic carbocycles. The zero-order chi connectivity index (χ0) is 20.3. The summed E-state index contributed by atoms with van der Waals surface area (Å²) in [6.45, 7) is 4.88. The number of rotatable bonds is 5. The van der Waals surface area contributed by atoms with Gasteiger partial charge in [-0.05, 0) is 24.5 Å². The van der Waals surface area contributed by atoms with Crippen LogP contribution in [0.2, 0.25) is 0 Å². The van der Waals surface area contributed by atoms with E-state index in [2.05, 4.69) is 22.0 Å². The molecule has 7 nitrogen and oxygen atoms in total. The van der Waals surface area contributed by atoms with Crippen LogP contribution in [0.25, 0.3) is 0 Å². The van der Waals surface area contributed by atoms with E-state index in [-0.39, 0.29) is 10.8 Å². The number of hydrogen-bond donors (Lipinski definition) is 1. The molecule has 0 bridgehead atoms. The number of aromatic amines is 1. The maximum atomic E-state index is 12.8. The van der Waals surface area contributed by atoms with Crippen LogP contribution in [-0.4, -0.2) is 72.7 Å². The standard InChI is InChI=1S/C21H28N4O3S/c26-21(24-13-11-23(12-14-24)17-18-7-3-1-4-8-18)20-15-19(16-22-20)29(27,28)25-9-5-2-6-10-25/h1,3-4,7-8,15-16,22H,2,5-6,9-14,17H2. The molecule has 156 valence electrons. The van der Waals surface area contributed by atoms with Gasteiger partial charge >= 0.3 is 0 Å². The van der Waals surface area contributed by atoms with Crippen molar-refractivity contribution >= 4 is 15.9 Å². The monoisotopic (exact) mass is 416 g/mol. The van der Waals surface area contributed by atoms with E-state index in [0.717, 1.165) is 38.9 Å². The SMILES string of the molecule is O=C(c1cc(S(=O)(=O)N2CCCCC2)c[nH]1)N1CCN(Cc2ccccc2)CC1. The van der Waals surface area contributed by atoms with Crippen molar-refractivity contribution in [2.75, 3.05) is 39.3 Å². The first-order valence-electron chi connectivity index (χ1n) is 10.3. The largest absolute Gasteiger partial charge is 0.356 e. The Labute approximate surface area is 172 Å². The van der Waals surface area contributed by atoms with Crippen molar-refractivity contribution in [1.82, 2.24) is 19.1 Å². The Kier molecular flexibility index (Phi) is 6.03. The van der Waals surface area contributed by atoms with E-state index in [1.807, 2.05) is 18.2 Å². The maximum Gasteiger partial charge on any atom is 0.270 e. The van der Waals surface area contributed by atoms with Gasteiger partial charge in [-0.15, -0.1) is 0 Å². The third kappa shape index (κ3) is 4.55. The highest BCUT2D eigenvalue weighted by atomic mass is 32.2. The second-order valence-electron chi connectivity index (χ2n) is 7.77. The number of piperazine rings is 1. The average Bonchev–Trinajstić information content (AvgIpc) is 3.26. The summed E-state index contributed by atoms with van der Waals surface area (Å²) in [7, 11) is -3.53. The highest BCUT2D eigenvalue weighted by Gasteiger charge is 2.29. The summed E-state index contributed by atoms with van der Waals surface area (Å²) < 4.78 is 27.1. The second kappa shape index (κ2) is 8.69. The molecule has 1 amide bonds. The van der Waals surface area contributed by atoms with Gasteiger partial charge in [-0.2, -0.15) is 4.31 Å². The van der Waals surface area contributed by atoms with Crippen LogP contribution in [-0.2, 0) is 16.6 Å². The molecule has 0 spiro atoms. The van der Waals surface area contributed by atoms with E-state index < -0.39 is 10.0 Å². The number of nitrogens with one attached hydrogen (secondary N) is 1. The minimum atomic E-state index is -3.53. The molecule has 2 fully saturated rings. The Morgan fingerprint density at radius 1 is 0.931 bits per heavy atom. The van der Waals surface area contributed by atoms with Crippen molar-refractivity contribution in [3.63, 3.8) is 0 Å². The number of carbonyl (C=O) groups is 1. The smallest absolute Gasteiger partial charge is 0.270 e. The number of amides is 1. The molecular weight excluding hydrogens is 388 g/mol. The van der Waals surface area contributed by atoms with E-state index in [0.29, 0.717) is 31.9 Å². The van der Waals surface area contributed by atoms with Gasteiger partial charge < -0.3 is 9.88 Å². The molecule has 0 aliphatic carbocycles. The highest BCUT2D eigenvalue weighted by molar-refractivity contribution is 7.89. The van der Waals surface area contributed by atoms with Crippen molar-refractivity contribution in [3.05, 3.63) is 53.9 Å². The quantitative estimate of drug-likeness (QED) is 0.810. The van der Waals surface area contributed by atoms with Gasteiger partial charge in [-0.1, -0.05) is 36.8 Å². The summed E-state index contributed by atoms with van der Waals surface area (Å²) in [5.74, 6) is -0.135. The Morgan fingerprint density at radius 3 is 2.31 bits per heavy atom. The third-order valence-corrected chi connectivity index (χ3v) is 7.62. The highest BCUT2D eigenvalue weighted by Crippen LogP contribution is 2.22. The van der Waals surface area contributed by atoms with Gasteiger partial charge in [-0.25, -0.2) is 8.42 Å². The number of carbonyl (C=O) groups excluding carboxylic acids is 1. The topological polar surface area (TPSA) is 76.7 Å². The van der Waals surface area contributed by atoms with Crippen molar-refractivity contribution in [1.29, 1.82) is 0 Å². The number of H-pyrrole nitrogens is 1. The Morgan fingerprint density at radius 2 is 1.62 bits per heavy atom. The van der Waals surface area contributed by atoms with E-state index in [9.17, 15) is 13.2 Å². The number of sulfonamides is 1. The first-order valence-corrected chi connectivity index (χ1v) is 11.7. The van der Waals surface area contributed by atoms with Crippen LogP contribution in [0.3, 0.4) is 0 Å². The van der Waals surface area contributed by atoms with Gasteiger partial charge in [-0.3, -0.25) is 9.69 Å². The number of hydrogen-bond acceptors (Lipinski definition) is 4. The van der Waals surface area contributed by atoms with E-state index in [1.54, 1.807) is 4.90 Å². The summed E-state index contributed by atoms with van der Waals surface area (Å²) in [6, 6.07) is 11.8. The van der Waals surface area contributed by atoms with Gasteiger partial charge in [0.2, 0.25) is 10.0 Å². The molecule has 8 heteroatoms. The number of benzene rings is 1. The summed E-state index contributed by atoms with van der Waals surface area (Å²) in [5.41, 5.74) is 1.61. The van der Waals surface area contributed by atoms with Gasteiger partial charge in [0, 0.05) is 52.0 Å². The number of piperidine rings is 1. The minimum Gasteiger partial charge on any atom is -0.356 e. The molecule has 4 rings (SSSR count). The molecule has 2 aliphatic rings. The summed E-state index contributed by atoms with van der Waals surface area (Å²) >= 11 is 0. The molecule has 1 N–H and O–H groups in total. The van der Waals surface area contributed by atoms with E-state index in [1.165, 1.54) is 22.1 Å². The van der Waals surface area contributed by atoms with Crippen molar-refractivity contribution in [2.45, 2.75) is 30.7 Å². The molecule has 2 saturated heterocycles. The Bertz CT molecular complexity index is 928. The molecule has 0 unspecified atom stereocenters. The Hall–Kier alpha value is -2.16. The van der Waals surface area contributed by atoms with Crippen LogP contribution < -0.4 is 0 Å². The van der Waals surface area contributed by atoms with Gasteiger partial charge in [0.05, 0.1) is 0 Å². The third-order valence-electron chi connectivity index (χ3n) is 5.75. The van der Waals surface area contributed by atoms with Crippen molar-refractivity contribution in [3.8, 4) is 0 Å². The lowest BCUT2D eigenvalue weighted by Gasteiger charge is -2.34. The summed E-state index contributed by atoms with van der Waals surface area (Å²) in [6.07, 6.45) is 4.30. The lowest BCUT2D eigenvalue weighted by molar-refractivity contribution is 0.0623. The number of nitrogens with zero attached hydrogens (tertiary/aromatic N) is 3. The average molecular weight is 417 g/mol. The molecule has 2 aliphatic heterocycles. The molecular formula is C21H28N4O3S. The maximum absolute atomic E-state index is 12.8. The summed E-state index contributed by atoms with van der Waals surface area (Å²) in [4.78, 5) is 20.1. The van der Waals surface area contributed by atoms with Crippen molar-refractivity contribution in [2.24, 2.45) is 0 Å². The fourth-order valence-corrected chi connectivity index (χ4v) is 5.53. The van der Waals surface area contributed by atoms with E-state index in [4.69, 9.17) is 0 Å². The van der Waals surface area contributed by atoms with Gasteiger partial charge in [0.15, 0.2) is 0 Å². The molecule has 3 heterocycles. The second-order valence-corrected chi connectivity index (χ2v) is 9.71. The zero-order valence-electron chi connectivity index (χ0n) is 16.6. The number of aromatic nitrogens is 1. The zero-order valence-corrected chi connectivity index (χ0v) is 17.4. The first-order chi connectivity index (χ1) is 14.0. The van der Waals surface area contributed by atoms with Crippen LogP contribution in [0, 0.1) is 0 Å². The first kappa shape index (κ1) is 20.1. The summed E-state index contributed by atoms with van der Waals surface area (Å²) in [5, 5.41) is 0. The van der Waals surface area contributed by atoms with Gasteiger partial charge in [0.25, 0.3) is 5.91 Å². The van der Waals surface area contributed by atoms with Crippen LogP contribution in [0.5, 0.6) is 0 Å². The van der Waals surface area contributed by atoms with Gasteiger partial charge in [0.1, 0.15) is 10.6 Å². The van der Waals surface area contributed by atoms with Crippen LogP contribution >= 0.6 is 0 Å². The molecule has 29 heavy (non-hydrogen) atoms. The van der Waals surface area contributed by atoms with Crippen molar-refractivity contribution < 1.29 is 13.2 Å². The normalized spacial score (nSPS) is 19.4. The lowest BCUT2D eigenvalue weighted by Crippen LogP contribution is -2.48. The Balaban J connectivity index is 1.36. The fraction of sp³-hybridized carbons (Fsp3) is 0.476. The molecule has 2 aromatic rings. The lowest BCUT2D eigenvalue weighted by atomic mass is 10.2. The predicted molar refractivity (Wildman–Crippen MR) is 111 cm³/mol. The van der Waals surface area contributed by atoms with E-state index >= 15 is 0 Å². The van der Waals surface area contributed by atoms with Crippen LogP contribution in [0.15, 0.2) is 47.5 Å². The fourth-order valence-electron chi connectivity index (χ4n) is 4.02. The molecule has 0 atom stereocenters. The molecule has 0 saturated carbocycles. The minimum absolute atomic E-state index is 0.135. The molecule has 1 aromatic heterocycles. The van der Waals surface area contributed by atoms with Crippen LogP contribution in [0.4, 0.5) is 0 Å². The predicted octanol–water partition coefficient (Wildman–Crippen LogP) is 2.15. The molecule has 0 radical (unpaired) electrons. The van der Waals surface area contributed by atoms with Crippen LogP contribution in [0.1, 0.15) is 35.3 Å².